The molecule has 0 amide bonds. The van der Waals surface area contributed by atoms with Crippen LogP contribution in [-0.2, 0) is 6.42 Å². The maximum atomic E-state index is 6.34. The van der Waals surface area contributed by atoms with E-state index in [0.29, 0.717) is 0 Å². The number of aromatic nitrogens is 1. The Kier molecular flexibility index (Phi) is 5.63. The normalized spacial score (nSPS) is 15.6. The smallest absolute Gasteiger partial charge is 0.0639 e. The lowest BCUT2D eigenvalue weighted by Crippen LogP contribution is -2.46. The number of aryl methyl sites for hydroxylation is 2. The van der Waals surface area contributed by atoms with Crippen molar-refractivity contribution in [2.45, 2.75) is 19.8 Å². The van der Waals surface area contributed by atoms with Crippen molar-refractivity contribution in [1.82, 2.24) is 9.88 Å². The number of nitrogens with one attached hydrogen (secondary N) is 1. The summed E-state index contributed by atoms with van der Waals surface area (Å²) in [6, 6.07) is 14.3. The van der Waals surface area contributed by atoms with E-state index < -0.39 is 0 Å². The van der Waals surface area contributed by atoms with Gasteiger partial charge in [0.2, 0.25) is 0 Å². The van der Waals surface area contributed by atoms with Gasteiger partial charge in [-0.1, -0.05) is 41.4 Å². The highest BCUT2D eigenvalue weighted by Gasteiger charge is 2.18. The molecule has 2 heterocycles. The van der Waals surface area contributed by atoms with Gasteiger partial charge in [-0.05, 0) is 56.1 Å². The lowest BCUT2D eigenvalue weighted by Gasteiger charge is -2.36. The molecule has 3 aromatic rings. The first-order valence-corrected chi connectivity index (χ1v) is 10.4. The number of anilines is 1. The van der Waals surface area contributed by atoms with E-state index in [2.05, 4.69) is 39.9 Å². The van der Waals surface area contributed by atoms with Gasteiger partial charge in [-0.15, -0.1) is 0 Å². The van der Waals surface area contributed by atoms with Crippen LogP contribution >= 0.6 is 23.2 Å². The van der Waals surface area contributed by atoms with E-state index in [-0.39, 0.29) is 0 Å². The molecular formula is C22H25Cl2N3. The predicted octanol–water partition coefficient (Wildman–Crippen LogP) is 5.54. The highest BCUT2D eigenvalue weighted by molar-refractivity contribution is 6.33. The molecule has 0 unspecified atom stereocenters. The number of nitrogens with zero attached hydrogens (tertiary/aromatic N) is 2. The van der Waals surface area contributed by atoms with E-state index in [4.69, 9.17) is 23.2 Å². The summed E-state index contributed by atoms with van der Waals surface area (Å²) in [6.07, 6.45) is 2.26. The zero-order valence-corrected chi connectivity index (χ0v) is 17.2. The molecule has 1 aliphatic heterocycles. The number of piperazine rings is 1. The van der Waals surface area contributed by atoms with Crippen molar-refractivity contribution in [3.05, 3.63) is 63.8 Å². The van der Waals surface area contributed by atoms with Crippen LogP contribution in [0.2, 0.25) is 10.0 Å². The molecule has 1 saturated heterocycles. The molecule has 1 N–H and O–H groups in total. The van der Waals surface area contributed by atoms with Gasteiger partial charge in [0.05, 0.1) is 10.7 Å². The number of H-pyrrole nitrogens is 1. The third-order valence-electron chi connectivity index (χ3n) is 5.55. The number of benzene rings is 2. The van der Waals surface area contributed by atoms with Gasteiger partial charge >= 0.3 is 0 Å². The van der Waals surface area contributed by atoms with Crippen molar-refractivity contribution in [2.24, 2.45) is 0 Å². The molecule has 27 heavy (non-hydrogen) atoms. The molecule has 0 saturated carbocycles. The Morgan fingerprint density at radius 3 is 2.56 bits per heavy atom. The van der Waals surface area contributed by atoms with Crippen molar-refractivity contribution < 1.29 is 0 Å². The van der Waals surface area contributed by atoms with Crippen LogP contribution in [0.5, 0.6) is 0 Å². The third-order valence-corrected chi connectivity index (χ3v) is 6.10. The summed E-state index contributed by atoms with van der Waals surface area (Å²) in [5, 5.41) is 2.94. The molecule has 4 rings (SSSR count). The zero-order valence-electron chi connectivity index (χ0n) is 15.6. The number of hydrogen-bond acceptors (Lipinski definition) is 2. The van der Waals surface area contributed by atoms with Crippen LogP contribution in [0.15, 0.2) is 42.5 Å². The van der Waals surface area contributed by atoms with Gasteiger partial charge in [-0.25, -0.2) is 0 Å². The second kappa shape index (κ2) is 8.14. The maximum absolute atomic E-state index is 6.34. The lowest BCUT2D eigenvalue weighted by molar-refractivity contribution is 0.255. The van der Waals surface area contributed by atoms with Crippen molar-refractivity contribution in [3.63, 3.8) is 0 Å². The van der Waals surface area contributed by atoms with Crippen molar-refractivity contribution >= 4 is 39.8 Å². The molecule has 142 valence electrons. The maximum Gasteiger partial charge on any atom is 0.0639 e. The first-order chi connectivity index (χ1) is 13.1. The van der Waals surface area contributed by atoms with Crippen LogP contribution in [0.4, 0.5) is 5.69 Å². The summed E-state index contributed by atoms with van der Waals surface area (Å²) in [5.41, 5.74) is 4.99. The average Bonchev–Trinajstić information content (AvgIpc) is 2.97. The lowest BCUT2D eigenvalue weighted by atomic mass is 10.1. The number of para-hydroxylation sites is 1. The Morgan fingerprint density at radius 2 is 1.78 bits per heavy atom. The third kappa shape index (κ3) is 4.11. The van der Waals surface area contributed by atoms with E-state index in [1.54, 1.807) is 0 Å². The summed E-state index contributed by atoms with van der Waals surface area (Å²) in [4.78, 5) is 8.43. The first-order valence-electron chi connectivity index (χ1n) is 9.60. The summed E-state index contributed by atoms with van der Waals surface area (Å²) in [5.74, 6) is 0. The minimum Gasteiger partial charge on any atom is -0.368 e. The van der Waals surface area contributed by atoms with Crippen molar-refractivity contribution in [3.8, 4) is 0 Å². The van der Waals surface area contributed by atoms with Gasteiger partial charge in [-0.3, -0.25) is 4.90 Å². The largest absolute Gasteiger partial charge is 0.368 e. The van der Waals surface area contributed by atoms with Crippen LogP contribution in [0, 0.1) is 6.92 Å². The average molecular weight is 402 g/mol. The number of fused-ring (bicyclic) bond motifs is 1. The van der Waals surface area contributed by atoms with E-state index in [0.717, 1.165) is 60.4 Å². The molecule has 1 aliphatic rings. The van der Waals surface area contributed by atoms with Gasteiger partial charge in [0.1, 0.15) is 0 Å². The van der Waals surface area contributed by atoms with Crippen LogP contribution in [0.25, 0.3) is 10.9 Å². The summed E-state index contributed by atoms with van der Waals surface area (Å²) < 4.78 is 0. The topological polar surface area (TPSA) is 22.3 Å². The molecule has 0 bridgehead atoms. The fourth-order valence-electron chi connectivity index (χ4n) is 4.08. The second-order valence-electron chi connectivity index (χ2n) is 7.30. The fraction of sp³-hybridized carbons (Fsp3) is 0.364. The molecule has 5 heteroatoms. The molecule has 3 nitrogen and oxygen atoms in total. The van der Waals surface area contributed by atoms with Gasteiger partial charge in [-0.2, -0.15) is 0 Å². The van der Waals surface area contributed by atoms with Crippen LogP contribution in [-0.4, -0.2) is 42.6 Å². The van der Waals surface area contributed by atoms with Crippen LogP contribution in [0.1, 0.15) is 17.7 Å². The minimum atomic E-state index is 0.784. The first kappa shape index (κ1) is 18.7. The Hall–Kier alpha value is -1.68. The fourth-order valence-corrected chi connectivity index (χ4v) is 4.51. The predicted molar refractivity (Wildman–Crippen MR) is 116 cm³/mol. The summed E-state index contributed by atoms with van der Waals surface area (Å²) >= 11 is 12.5. The summed E-state index contributed by atoms with van der Waals surface area (Å²) in [6.45, 7) is 7.55. The van der Waals surface area contributed by atoms with Gasteiger partial charge in [0, 0.05) is 47.8 Å². The van der Waals surface area contributed by atoms with Crippen molar-refractivity contribution in [1.29, 1.82) is 0 Å². The van der Waals surface area contributed by atoms with Crippen LogP contribution < -0.4 is 4.90 Å². The molecule has 0 aliphatic carbocycles. The Labute approximate surface area is 170 Å². The van der Waals surface area contributed by atoms with E-state index >= 15 is 0 Å². The quantitative estimate of drug-likeness (QED) is 0.606. The van der Waals surface area contributed by atoms with Crippen LogP contribution in [0.3, 0.4) is 0 Å². The van der Waals surface area contributed by atoms with Gasteiger partial charge in [0.15, 0.2) is 0 Å². The van der Waals surface area contributed by atoms with E-state index in [9.17, 15) is 0 Å². The second-order valence-corrected chi connectivity index (χ2v) is 8.15. The Morgan fingerprint density at radius 1 is 1.00 bits per heavy atom. The molecule has 0 spiro atoms. The molecular weight excluding hydrogens is 377 g/mol. The molecule has 0 radical (unpaired) electrons. The van der Waals surface area contributed by atoms with E-state index in [1.165, 1.54) is 23.1 Å². The molecule has 2 aromatic carbocycles. The number of rotatable bonds is 5. The van der Waals surface area contributed by atoms with Gasteiger partial charge in [0.25, 0.3) is 0 Å². The molecule has 0 atom stereocenters. The standard InChI is InChI=1S/C22H25Cl2N3/c1-16-18(19-9-8-17(23)15-21(19)25-16)5-4-10-26-11-13-27(14-12-26)22-7-3-2-6-20(22)24/h2-3,6-9,15,25H,4-5,10-14H2,1H3. The SMILES string of the molecule is Cc1[nH]c2cc(Cl)ccc2c1CCCN1CCN(c2ccccc2Cl)CC1. The van der Waals surface area contributed by atoms with E-state index in [1.807, 2.05) is 24.3 Å². The minimum absolute atomic E-state index is 0.784. The number of hydrogen-bond donors (Lipinski definition) is 1. The number of aromatic amines is 1. The zero-order chi connectivity index (χ0) is 18.8. The highest BCUT2D eigenvalue weighted by Crippen LogP contribution is 2.27. The van der Waals surface area contributed by atoms with Crippen molar-refractivity contribution in [2.75, 3.05) is 37.6 Å². The molecule has 1 fully saturated rings. The number of halogens is 2. The molecule has 1 aromatic heterocycles. The van der Waals surface area contributed by atoms with Gasteiger partial charge < -0.3 is 9.88 Å². The summed E-state index contributed by atoms with van der Waals surface area (Å²) in [7, 11) is 0. The Balaban J connectivity index is 1.31. The Bertz CT molecular complexity index is 926. The highest BCUT2D eigenvalue weighted by atomic mass is 35.5. The monoisotopic (exact) mass is 401 g/mol.